The third kappa shape index (κ3) is 5.59. The standard InChI is InChI=1S/C14H19NO4S2/c1-19-13-7-6-12(5-3-9-16)11-14(13)21(17,18)15-8-4-10-20-2/h6-7,11,15-16H,4,8-10H2,1-2H3. The molecular formula is C14H19NO4S2. The van der Waals surface area contributed by atoms with E-state index in [-0.39, 0.29) is 17.3 Å². The predicted molar refractivity (Wildman–Crippen MR) is 85.1 cm³/mol. The van der Waals surface area contributed by atoms with Crippen molar-refractivity contribution in [2.75, 3.05) is 32.3 Å². The summed E-state index contributed by atoms with van der Waals surface area (Å²) in [6.07, 6.45) is 2.73. The van der Waals surface area contributed by atoms with Gasteiger partial charge in [-0.15, -0.1) is 0 Å². The molecule has 1 aromatic rings. The van der Waals surface area contributed by atoms with Gasteiger partial charge in [0.05, 0.1) is 7.11 Å². The van der Waals surface area contributed by atoms with Crippen molar-refractivity contribution >= 4 is 21.8 Å². The maximum atomic E-state index is 12.3. The first-order valence-electron chi connectivity index (χ1n) is 6.31. The summed E-state index contributed by atoms with van der Waals surface area (Å²) >= 11 is 1.67. The van der Waals surface area contributed by atoms with Gasteiger partial charge in [-0.05, 0) is 36.6 Å². The van der Waals surface area contributed by atoms with E-state index in [0.717, 1.165) is 12.2 Å². The number of rotatable bonds is 7. The first kappa shape index (κ1) is 17.9. The van der Waals surface area contributed by atoms with Gasteiger partial charge in [-0.1, -0.05) is 11.8 Å². The van der Waals surface area contributed by atoms with Gasteiger partial charge in [0.1, 0.15) is 17.3 Å². The summed E-state index contributed by atoms with van der Waals surface area (Å²) in [5.41, 5.74) is 0.509. The Bertz CT molecular complexity index is 618. The van der Waals surface area contributed by atoms with Crippen LogP contribution in [0.3, 0.4) is 0 Å². The number of hydrogen-bond acceptors (Lipinski definition) is 5. The molecule has 0 aliphatic rings. The first-order valence-corrected chi connectivity index (χ1v) is 9.19. The van der Waals surface area contributed by atoms with Crippen LogP contribution in [-0.2, 0) is 10.0 Å². The Labute approximate surface area is 130 Å². The van der Waals surface area contributed by atoms with Crippen molar-refractivity contribution in [3.05, 3.63) is 23.8 Å². The van der Waals surface area contributed by atoms with Gasteiger partial charge in [0.2, 0.25) is 10.0 Å². The van der Waals surface area contributed by atoms with E-state index in [9.17, 15) is 8.42 Å². The van der Waals surface area contributed by atoms with Crippen LogP contribution in [0, 0.1) is 11.8 Å². The van der Waals surface area contributed by atoms with Gasteiger partial charge >= 0.3 is 0 Å². The fourth-order valence-electron chi connectivity index (χ4n) is 1.61. The highest BCUT2D eigenvalue weighted by molar-refractivity contribution is 7.98. The summed E-state index contributed by atoms with van der Waals surface area (Å²) < 4.78 is 32.3. The zero-order valence-electron chi connectivity index (χ0n) is 12.0. The smallest absolute Gasteiger partial charge is 0.244 e. The van der Waals surface area contributed by atoms with Crippen molar-refractivity contribution in [3.63, 3.8) is 0 Å². The van der Waals surface area contributed by atoms with Gasteiger partial charge in [0.25, 0.3) is 0 Å². The second kappa shape index (κ2) is 8.95. The Balaban J connectivity index is 3.01. The molecule has 21 heavy (non-hydrogen) atoms. The highest BCUT2D eigenvalue weighted by Gasteiger charge is 2.19. The van der Waals surface area contributed by atoms with Crippen LogP contribution in [0.5, 0.6) is 5.75 Å². The first-order chi connectivity index (χ1) is 10.0. The van der Waals surface area contributed by atoms with E-state index >= 15 is 0 Å². The summed E-state index contributed by atoms with van der Waals surface area (Å²) in [6, 6.07) is 4.64. The van der Waals surface area contributed by atoms with Crippen LogP contribution in [0.15, 0.2) is 23.1 Å². The summed E-state index contributed by atoms with van der Waals surface area (Å²) in [4.78, 5) is 0.0545. The lowest BCUT2D eigenvalue weighted by Gasteiger charge is -2.11. The molecule has 7 heteroatoms. The normalized spacial score (nSPS) is 10.8. The third-order valence-corrected chi connectivity index (χ3v) is 4.76. The Hall–Kier alpha value is -1.20. The lowest BCUT2D eigenvalue weighted by atomic mass is 10.2. The van der Waals surface area contributed by atoms with Crippen molar-refractivity contribution in [1.29, 1.82) is 0 Å². The highest BCUT2D eigenvalue weighted by atomic mass is 32.2. The van der Waals surface area contributed by atoms with Gasteiger partial charge in [-0.2, -0.15) is 11.8 Å². The molecule has 0 unspecified atom stereocenters. The van der Waals surface area contributed by atoms with Crippen molar-refractivity contribution < 1.29 is 18.3 Å². The molecule has 116 valence electrons. The third-order valence-electron chi connectivity index (χ3n) is 2.58. The van der Waals surface area contributed by atoms with Crippen LogP contribution in [0.25, 0.3) is 0 Å². The average Bonchev–Trinajstić information content (AvgIpc) is 2.49. The molecule has 1 aromatic carbocycles. The summed E-state index contributed by atoms with van der Waals surface area (Å²) in [5, 5.41) is 8.69. The van der Waals surface area contributed by atoms with Crippen LogP contribution in [0.4, 0.5) is 0 Å². The second-order valence-corrected chi connectivity index (χ2v) is 6.79. The number of sulfonamides is 1. The highest BCUT2D eigenvalue weighted by Crippen LogP contribution is 2.24. The number of ether oxygens (including phenoxy) is 1. The number of hydrogen-bond donors (Lipinski definition) is 2. The quantitative estimate of drug-likeness (QED) is 0.578. The van der Waals surface area contributed by atoms with Crippen molar-refractivity contribution in [3.8, 4) is 17.6 Å². The number of nitrogens with one attached hydrogen (secondary N) is 1. The Kier molecular flexibility index (Phi) is 7.61. The topological polar surface area (TPSA) is 75.6 Å². The molecular weight excluding hydrogens is 310 g/mol. The van der Waals surface area contributed by atoms with Crippen LogP contribution in [-0.4, -0.2) is 45.8 Å². The molecule has 0 bridgehead atoms. The maximum absolute atomic E-state index is 12.3. The zero-order valence-corrected chi connectivity index (χ0v) is 13.7. The molecule has 0 atom stereocenters. The van der Waals surface area contributed by atoms with Gasteiger partial charge in [-0.3, -0.25) is 0 Å². The fraction of sp³-hybridized carbons (Fsp3) is 0.429. The minimum atomic E-state index is -3.65. The van der Waals surface area contributed by atoms with Crippen LogP contribution in [0.1, 0.15) is 12.0 Å². The molecule has 5 nitrogen and oxygen atoms in total. The van der Waals surface area contributed by atoms with Crippen molar-refractivity contribution in [2.45, 2.75) is 11.3 Å². The largest absolute Gasteiger partial charge is 0.495 e. The van der Waals surface area contributed by atoms with Crippen molar-refractivity contribution in [1.82, 2.24) is 4.72 Å². The van der Waals surface area contributed by atoms with Gasteiger partial charge in [0, 0.05) is 12.1 Å². The molecule has 0 aliphatic heterocycles. The minimum Gasteiger partial charge on any atom is -0.495 e. The van der Waals surface area contributed by atoms with Crippen LogP contribution in [0.2, 0.25) is 0 Å². The number of thioether (sulfide) groups is 1. The molecule has 0 aromatic heterocycles. The number of aliphatic hydroxyl groups is 1. The van der Waals surface area contributed by atoms with E-state index in [0.29, 0.717) is 12.1 Å². The molecule has 0 heterocycles. The summed E-state index contributed by atoms with van der Waals surface area (Å²) in [5.74, 6) is 6.33. The van der Waals surface area contributed by atoms with E-state index in [1.54, 1.807) is 23.9 Å². The molecule has 0 saturated carbocycles. The summed E-state index contributed by atoms with van der Waals surface area (Å²) in [7, 11) is -2.23. The Morgan fingerprint density at radius 2 is 2.19 bits per heavy atom. The van der Waals surface area contributed by atoms with Gasteiger partial charge in [-0.25, -0.2) is 13.1 Å². The minimum absolute atomic E-state index is 0.0545. The number of methoxy groups -OCH3 is 1. The van der Waals surface area contributed by atoms with E-state index in [4.69, 9.17) is 9.84 Å². The molecule has 0 radical (unpaired) electrons. The maximum Gasteiger partial charge on any atom is 0.244 e. The predicted octanol–water partition coefficient (Wildman–Crippen LogP) is 1.07. The van der Waals surface area contributed by atoms with Crippen LogP contribution >= 0.6 is 11.8 Å². The summed E-state index contributed by atoms with van der Waals surface area (Å²) in [6.45, 7) is 0.0971. The van der Waals surface area contributed by atoms with Crippen molar-refractivity contribution in [2.24, 2.45) is 0 Å². The molecule has 0 amide bonds. The monoisotopic (exact) mass is 329 g/mol. The van der Waals surface area contributed by atoms with E-state index in [1.165, 1.54) is 13.2 Å². The second-order valence-electron chi connectivity index (χ2n) is 4.07. The molecule has 0 aliphatic carbocycles. The molecule has 1 rings (SSSR count). The van der Waals surface area contributed by atoms with E-state index in [2.05, 4.69) is 16.6 Å². The molecule has 0 saturated heterocycles. The molecule has 0 fully saturated rings. The SMILES string of the molecule is COc1ccc(C#CCO)cc1S(=O)(=O)NCCCSC. The molecule has 0 spiro atoms. The Morgan fingerprint density at radius 3 is 2.81 bits per heavy atom. The Morgan fingerprint density at radius 1 is 1.43 bits per heavy atom. The average molecular weight is 329 g/mol. The zero-order chi connectivity index (χ0) is 15.7. The lowest BCUT2D eigenvalue weighted by molar-refractivity contribution is 0.350. The number of benzene rings is 1. The van der Waals surface area contributed by atoms with E-state index < -0.39 is 10.0 Å². The fourth-order valence-corrected chi connectivity index (χ4v) is 3.31. The van der Waals surface area contributed by atoms with Gasteiger partial charge in [0.15, 0.2) is 0 Å². The van der Waals surface area contributed by atoms with E-state index in [1.807, 2.05) is 6.26 Å². The van der Waals surface area contributed by atoms with Gasteiger partial charge < -0.3 is 9.84 Å². The molecule has 2 N–H and O–H groups in total. The van der Waals surface area contributed by atoms with Crippen LogP contribution < -0.4 is 9.46 Å². The number of aliphatic hydroxyl groups excluding tert-OH is 1. The lowest BCUT2D eigenvalue weighted by Crippen LogP contribution is -2.25.